The van der Waals surface area contributed by atoms with Crippen molar-refractivity contribution in [3.8, 4) is 11.5 Å². The third-order valence-corrected chi connectivity index (χ3v) is 3.75. The first-order valence-corrected chi connectivity index (χ1v) is 7.21. The molecule has 0 aliphatic carbocycles. The van der Waals surface area contributed by atoms with Gasteiger partial charge < -0.3 is 9.84 Å². The van der Waals surface area contributed by atoms with Gasteiger partial charge in [-0.05, 0) is 37.1 Å². The summed E-state index contributed by atoms with van der Waals surface area (Å²) in [7, 11) is 0. The number of aliphatic hydroxyl groups excluding tert-OH is 1. The fraction of sp³-hybridized carbons (Fsp3) is 0.375. The molecule has 5 heteroatoms. The van der Waals surface area contributed by atoms with Gasteiger partial charge in [0.2, 0.25) is 0 Å². The zero-order chi connectivity index (χ0) is 15.6. The molecule has 0 atom stereocenters. The van der Waals surface area contributed by atoms with Gasteiger partial charge in [0.05, 0.1) is 12.8 Å². The molecule has 0 saturated carbocycles. The first-order chi connectivity index (χ1) is 9.92. The summed E-state index contributed by atoms with van der Waals surface area (Å²) in [6.07, 6.45) is 1.60. The zero-order valence-electron chi connectivity index (χ0n) is 12.6. The van der Waals surface area contributed by atoms with Crippen LogP contribution in [0.2, 0.25) is 5.02 Å². The number of ether oxygens (including phenoxy) is 1. The molecule has 1 aromatic carbocycles. The molecule has 0 fully saturated rings. The lowest BCUT2D eigenvalue weighted by molar-refractivity contribution is 0.270. The Hall–Kier alpha value is -1.65. The van der Waals surface area contributed by atoms with Crippen molar-refractivity contribution in [3.63, 3.8) is 0 Å². The van der Waals surface area contributed by atoms with E-state index in [-0.39, 0.29) is 12.5 Å². The van der Waals surface area contributed by atoms with Gasteiger partial charge in [0.1, 0.15) is 17.3 Å². The van der Waals surface area contributed by atoms with E-state index < -0.39 is 0 Å². The van der Waals surface area contributed by atoms with E-state index in [1.54, 1.807) is 6.20 Å². The van der Waals surface area contributed by atoms with Crippen LogP contribution in [0, 0.1) is 13.8 Å². The van der Waals surface area contributed by atoms with Crippen LogP contribution < -0.4 is 4.74 Å². The smallest absolute Gasteiger partial charge is 0.169 e. The van der Waals surface area contributed by atoms with Crippen LogP contribution in [-0.4, -0.2) is 15.1 Å². The Kier molecular flexibility index (Phi) is 4.80. The highest BCUT2D eigenvalue weighted by molar-refractivity contribution is 6.32. The van der Waals surface area contributed by atoms with E-state index in [0.717, 1.165) is 16.1 Å². The monoisotopic (exact) mass is 306 g/mol. The largest absolute Gasteiger partial charge is 0.454 e. The first-order valence-electron chi connectivity index (χ1n) is 6.83. The van der Waals surface area contributed by atoms with E-state index in [9.17, 15) is 5.11 Å². The highest BCUT2D eigenvalue weighted by atomic mass is 35.5. The Balaban J connectivity index is 2.35. The molecule has 0 aliphatic heterocycles. The van der Waals surface area contributed by atoms with Crippen LogP contribution in [0.25, 0.3) is 0 Å². The summed E-state index contributed by atoms with van der Waals surface area (Å²) in [5.41, 5.74) is 2.37. The summed E-state index contributed by atoms with van der Waals surface area (Å²) >= 11 is 6.15. The average Bonchev–Trinajstić information content (AvgIpc) is 2.44. The Labute approximate surface area is 129 Å². The third kappa shape index (κ3) is 3.52. The van der Waals surface area contributed by atoms with E-state index in [2.05, 4.69) is 9.97 Å². The third-order valence-electron chi connectivity index (χ3n) is 3.15. The molecule has 0 bridgehead atoms. The van der Waals surface area contributed by atoms with Gasteiger partial charge in [0, 0.05) is 10.9 Å². The topological polar surface area (TPSA) is 55.2 Å². The predicted octanol–water partition coefficient (Wildman–Crippen LogP) is 4.15. The zero-order valence-corrected chi connectivity index (χ0v) is 13.4. The number of hydrogen-bond acceptors (Lipinski definition) is 4. The van der Waals surface area contributed by atoms with Crippen molar-refractivity contribution in [2.75, 3.05) is 0 Å². The van der Waals surface area contributed by atoms with Gasteiger partial charge in [-0.3, -0.25) is 0 Å². The molecule has 0 unspecified atom stereocenters. The van der Waals surface area contributed by atoms with Gasteiger partial charge in [-0.2, -0.15) is 0 Å². The summed E-state index contributed by atoms with van der Waals surface area (Å²) in [6, 6.07) is 3.71. The van der Waals surface area contributed by atoms with Crippen molar-refractivity contribution < 1.29 is 9.84 Å². The van der Waals surface area contributed by atoms with E-state index in [1.807, 2.05) is 39.8 Å². The van der Waals surface area contributed by atoms with Gasteiger partial charge in [-0.1, -0.05) is 25.4 Å². The lowest BCUT2D eigenvalue weighted by atomic mass is 10.1. The molecular formula is C16H19ClN2O2. The maximum Gasteiger partial charge on any atom is 0.169 e. The Bertz CT molecular complexity index is 634. The number of hydrogen-bond donors (Lipinski definition) is 1. The van der Waals surface area contributed by atoms with Crippen molar-refractivity contribution in [2.24, 2.45) is 0 Å². The minimum Gasteiger partial charge on any atom is -0.454 e. The van der Waals surface area contributed by atoms with Crippen LogP contribution in [0.15, 0.2) is 18.3 Å². The molecule has 112 valence electrons. The van der Waals surface area contributed by atoms with E-state index in [0.29, 0.717) is 23.0 Å². The maximum absolute atomic E-state index is 9.46. The molecule has 1 heterocycles. The van der Waals surface area contributed by atoms with Gasteiger partial charge in [0.25, 0.3) is 0 Å². The van der Waals surface area contributed by atoms with Crippen LogP contribution >= 0.6 is 11.6 Å². The molecule has 0 saturated heterocycles. The Morgan fingerprint density at radius 3 is 2.38 bits per heavy atom. The normalized spacial score (nSPS) is 11.0. The number of benzene rings is 1. The van der Waals surface area contributed by atoms with E-state index in [4.69, 9.17) is 16.3 Å². The number of aromatic nitrogens is 2. The quantitative estimate of drug-likeness (QED) is 0.921. The van der Waals surface area contributed by atoms with Gasteiger partial charge >= 0.3 is 0 Å². The molecule has 1 N–H and O–H groups in total. The molecular weight excluding hydrogens is 288 g/mol. The second-order valence-electron chi connectivity index (χ2n) is 5.33. The fourth-order valence-electron chi connectivity index (χ4n) is 1.99. The summed E-state index contributed by atoms with van der Waals surface area (Å²) in [5.74, 6) is 2.01. The van der Waals surface area contributed by atoms with Crippen LogP contribution in [0.5, 0.6) is 11.5 Å². The second-order valence-corrected chi connectivity index (χ2v) is 5.70. The van der Waals surface area contributed by atoms with Crippen molar-refractivity contribution in [2.45, 2.75) is 40.2 Å². The summed E-state index contributed by atoms with van der Waals surface area (Å²) in [5, 5.41) is 10.2. The van der Waals surface area contributed by atoms with Crippen molar-refractivity contribution in [1.82, 2.24) is 9.97 Å². The number of aryl methyl sites for hydroxylation is 2. The molecule has 0 radical (unpaired) electrons. The maximum atomic E-state index is 9.46. The molecule has 0 aliphatic rings. The number of halogens is 1. The van der Waals surface area contributed by atoms with E-state index >= 15 is 0 Å². The van der Waals surface area contributed by atoms with Crippen LogP contribution in [0.4, 0.5) is 0 Å². The first kappa shape index (κ1) is 15.7. The van der Waals surface area contributed by atoms with Crippen LogP contribution in [0.3, 0.4) is 0 Å². The van der Waals surface area contributed by atoms with Crippen LogP contribution in [0.1, 0.15) is 42.4 Å². The Morgan fingerprint density at radius 2 is 1.86 bits per heavy atom. The fourth-order valence-corrected chi connectivity index (χ4v) is 2.10. The standard InChI is InChI=1S/C16H19ClN2O2/c1-9(2)16-18-7-14(13(8-20)19-16)21-12-5-10(3)15(17)11(4)6-12/h5-7,9,20H,8H2,1-4H3. The number of rotatable bonds is 4. The number of aliphatic hydroxyl groups is 1. The lowest BCUT2D eigenvalue weighted by Gasteiger charge is -2.13. The molecule has 21 heavy (non-hydrogen) atoms. The molecule has 4 nitrogen and oxygen atoms in total. The van der Waals surface area contributed by atoms with E-state index in [1.165, 1.54) is 0 Å². The SMILES string of the molecule is Cc1cc(Oc2cnc(C(C)C)nc2CO)cc(C)c1Cl. The molecule has 0 spiro atoms. The van der Waals surface area contributed by atoms with Gasteiger partial charge in [-0.25, -0.2) is 9.97 Å². The minimum atomic E-state index is -0.191. The van der Waals surface area contributed by atoms with Crippen molar-refractivity contribution in [1.29, 1.82) is 0 Å². The van der Waals surface area contributed by atoms with Gasteiger partial charge in [0.15, 0.2) is 5.75 Å². The summed E-state index contributed by atoms with van der Waals surface area (Å²) in [6.45, 7) is 7.66. The second kappa shape index (κ2) is 6.41. The highest BCUT2D eigenvalue weighted by Crippen LogP contribution is 2.30. The molecule has 2 rings (SSSR count). The molecule has 1 aromatic heterocycles. The Morgan fingerprint density at radius 1 is 1.24 bits per heavy atom. The van der Waals surface area contributed by atoms with Crippen LogP contribution in [-0.2, 0) is 6.61 Å². The molecule has 2 aromatic rings. The number of nitrogens with zero attached hydrogens (tertiary/aromatic N) is 2. The summed E-state index contributed by atoms with van der Waals surface area (Å²) in [4.78, 5) is 8.61. The lowest BCUT2D eigenvalue weighted by Crippen LogP contribution is -2.03. The van der Waals surface area contributed by atoms with Crippen molar-refractivity contribution >= 4 is 11.6 Å². The van der Waals surface area contributed by atoms with Gasteiger partial charge in [-0.15, -0.1) is 0 Å². The summed E-state index contributed by atoms with van der Waals surface area (Å²) < 4.78 is 5.81. The van der Waals surface area contributed by atoms with Crippen molar-refractivity contribution in [3.05, 3.63) is 46.0 Å². The highest BCUT2D eigenvalue weighted by Gasteiger charge is 2.12. The average molecular weight is 307 g/mol. The minimum absolute atomic E-state index is 0.191. The molecule has 0 amide bonds. The predicted molar refractivity (Wildman–Crippen MR) is 83.0 cm³/mol.